The number of carbonyl (C=O) groups is 3. The van der Waals surface area contributed by atoms with E-state index in [1.165, 1.54) is 12.7 Å². The van der Waals surface area contributed by atoms with Crippen LogP contribution < -0.4 is 27.4 Å². The van der Waals surface area contributed by atoms with E-state index in [0.29, 0.717) is 19.4 Å². The predicted octanol–water partition coefficient (Wildman–Crippen LogP) is 4.55. The molecule has 0 radical (unpaired) electrons. The number of ether oxygens (including phenoxy) is 1. The van der Waals surface area contributed by atoms with E-state index in [4.69, 9.17) is 33.2 Å². The van der Waals surface area contributed by atoms with Crippen LogP contribution in [0.15, 0.2) is 79.0 Å². The minimum atomic E-state index is -0.781. The third-order valence-electron chi connectivity index (χ3n) is 8.35. The van der Waals surface area contributed by atoms with Gasteiger partial charge in [0.2, 0.25) is 5.91 Å². The van der Waals surface area contributed by atoms with Crippen molar-refractivity contribution in [1.29, 1.82) is 5.41 Å². The van der Waals surface area contributed by atoms with Gasteiger partial charge in [0, 0.05) is 36.5 Å². The first kappa shape index (κ1) is 36.3. The van der Waals surface area contributed by atoms with E-state index in [0.717, 1.165) is 52.4 Å². The molecule has 0 saturated heterocycles. The lowest BCUT2D eigenvalue weighted by Crippen LogP contribution is -2.43. The fourth-order valence-electron chi connectivity index (χ4n) is 5.60. The first-order valence-corrected chi connectivity index (χ1v) is 16.8. The zero-order chi connectivity index (χ0) is 36.3. The molecule has 0 aliphatic heterocycles. The van der Waals surface area contributed by atoms with Crippen LogP contribution in [0.25, 0.3) is 22.0 Å². The Labute approximate surface area is 300 Å². The molecule has 9 N–H and O–H groups in total. The summed E-state index contributed by atoms with van der Waals surface area (Å²) in [5.74, 6) is -1.84. The minimum Gasteiger partial charge on any atom is -0.467 e. The number of H-pyrrole nitrogens is 1. The van der Waals surface area contributed by atoms with Crippen molar-refractivity contribution >= 4 is 57.9 Å². The van der Waals surface area contributed by atoms with E-state index >= 15 is 0 Å². The highest BCUT2D eigenvalue weighted by Gasteiger charge is 2.23. The van der Waals surface area contributed by atoms with Crippen LogP contribution in [0.4, 0.5) is 11.6 Å². The second-order valence-corrected chi connectivity index (χ2v) is 12.3. The van der Waals surface area contributed by atoms with Crippen LogP contribution in [0.3, 0.4) is 0 Å². The molecule has 2 aromatic heterocycles. The average Bonchev–Trinajstić information content (AvgIpc) is 3.54. The largest absolute Gasteiger partial charge is 0.467 e. The number of amides is 2. The van der Waals surface area contributed by atoms with Gasteiger partial charge in [-0.2, -0.15) is 0 Å². The lowest BCUT2D eigenvalue weighted by atomic mass is 9.99. The Morgan fingerprint density at radius 2 is 1.57 bits per heavy atom. The summed E-state index contributed by atoms with van der Waals surface area (Å²) < 4.78 is 4.97. The van der Waals surface area contributed by atoms with Crippen LogP contribution >= 0.6 is 11.6 Å². The Kier molecular flexibility index (Phi) is 12.2. The molecule has 0 spiro atoms. The number of hydrogen-bond acceptors (Lipinski definition) is 9. The number of fused-ring (bicyclic) bond motifs is 1. The molecule has 51 heavy (non-hydrogen) atoms. The van der Waals surface area contributed by atoms with Gasteiger partial charge in [-0.3, -0.25) is 20.3 Å². The topological polar surface area (TPSA) is 214 Å². The van der Waals surface area contributed by atoms with Crippen LogP contribution in [0.1, 0.15) is 46.4 Å². The predicted molar refractivity (Wildman–Crippen MR) is 198 cm³/mol. The summed E-state index contributed by atoms with van der Waals surface area (Å²) >= 11 is 5.82. The Morgan fingerprint density at radius 3 is 2.25 bits per heavy atom. The maximum atomic E-state index is 12.8. The number of rotatable bonds is 14. The summed E-state index contributed by atoms with van der Waals surface area (Å²) in [6, 6.07) is 23.5. The number of hydrogen-bond donors (Lipinski definition) is 7. The van der Waals surface area contributed by atoms with E-state index < -0.39 is 17.9 Å². The van der Waals surface area contributed by atoms with Crippen molar-refractivity contribution in [3.05, 3.63) is 107 Å². The van der Waals surface area contributed by atoms with Gasteiger partial charge in [0.1, 0.15) is 6.04 Å². The molecule has 5 rings (SSSR count). The number of nitrogen functional groups attached to an aromatic ring is 2. The standard InChI is InChI=1S/C37H40ClN9O4/c1-51-36(50)29(20-26-21-43-28-8-3-2-7-27(26)28)44-30(48)18-13-23-11-16-25(17-12-23)24-14-9-22(10-15-24)6-4-5-19-42-37(41)47-35(49)31-33(39)46-34(40)32(38)45-31/h2-3,7-12,14-17,21,29,43H,4-6,13,18-20H2,1H3,(H,44,48)(H4,39,40,46)(H3,41,42,47,49). The number of aryl methyl sites for hydroxylation is 2. The Morgan fingerprint density at radius 1 is 0.902 bits per heavy atom. The van der Waals surface area contributed by atoms with Crippen molar-refractivity contribution in [1.82, 2.24) is 30.9 Å². The van der Waals surface area contributed by atoms with Gasteiger partial charge in [-0.05, 0) is 59.6 Å². The van der Waals surface area contributed by atoms with Crippen molar-refractivity contribution in [2.24, 2.45) is 0 Å². The number of anilines is 2. The van der Waals surface area contributed by atoms with Gasteiger partial charge in [0.05, 0.1) is 7.11 Å². The first-order valence-electron chi connectivity index (χ1n) is 16.4. The maximum Gasteiger partial charge on any atom is 0.328 e. The SMILES string of the molecule is COC(=O)C(Cc1c[nH]c2ccccc12)NC(=O)CCc1ccc(-c2ccc(CCCCNC(=N)NC(=O)c3nc(Cl)c(N)nc3N)cc2)cc1. The van der Waals surface area contributed by atoms with Crippen molar-refractivity contribution in [2.75, 3.05) is 25.1 Å². The van der Waals surface area contributed by atoms with E-state index in [2.05, 4.69) is 55.2 Å². The number of carbonyl (C=O) groups excluding carboxylic acids is 3. The number of aromatic nitrogens is 3. The Balaban J connectivity index is 1.02. The summed E-state index contributed by atoms with van der Waals surface area (Å²) in [4.78, 5) is 48.5. The fraction of sp³-hybridized carbons (Fsp3) is 0.243. The van der Waals surface area contributed by atoms with Gasteiger partial charge in [0.25, 0.3) is 5.91 Å². The number of nitrogens with one attached hydrogen (secondary N) is 5. The number of methoxy groups -OCH3 is 1. The van der Waals surface area contributed by atoms with Gasteiger partial charge in [0.15, 0.2) is 28.4 Å². The van der Waals surface area contributed by atoms with Gasteiger partial charge < -0.3 is 31.8 Å². The normalized spacial score (nSPS) is 11.5. The molecule has 0 aliphatic rings. The Hall–Kier alpha value is -5.95. The highest BCUT2D eigenvalue weighted by Crippen LogP contribution is 2.23. The number of unbranched alkanes of at least 4 members (excludes halogenated alkanes) is 1. The maximum absolute atomic E-state index is 12.8. The number of esters is 1. The molecule has 2 heterocycles. The lowest BCUT2D eigenvalue weighted by Gasteiger charge is -2.16. The lowest BCUT2D eigenvalue weighted by molar-refractivity contribution is -0.145. The molecule has 0 fully saturated rings. The van der Waals surface area contributed by atoms with Gasteiger partial charge >= 0.3 is 5.97 Å². The molecule has 5 aromatic rings. The summed E-state index contributed by atoms with van der Waals surface area (Å²) in [5.41, 5.74) is 17.3. The van der Waals surface area contributed by atoms with Gasteiger partial charge in [-0.15, -0.1) is 0 Å². The molecule has 0 saturated carbocycles. The van der Waals surface area contributed by atoms with Crippen molar-refractivity contribution < 1.29 is 19.1 Å². The van der Waals surface area contributed by atoms with E-state index in [9.17, 15) is 14.4 Å². The third-order valence-corrected chi connectivity index (χ3v) is 8.63. The van der Waals surface area contributed by atoms with Crippen LogP contribution in [-0.4, -0.2) is 58.4 Å². The van der Waals surface area contributed by atoms with Crippen molar-refractivity contribution in [3.63, 3.8) is 0 Å². The van der Waals surface area contributed by atoms with Crippen LogP contribution in [0.5, 0.6) is 0 Å². The van der Waals surface area contributed by atoms with Crippen LogP contribution in [0.2, 0.25) is 5.15 Å². The molecule has 1 unspecified atom stereocenters. The second-order valence-electron chi connectivity index (χ2n) is 11.9. The summed E-state index contributed by atoms with van der Waals surface area (Å²) in [7, 11) is 1.32. The molecule has 1 atom stereocenters. The average molecular weight is 710 g/mol. The smallest absolute Gasteiger partial charge is 0.328 e. The van der Waals surface area contributed by atoms with Crippen molar-refractivity contribution in [3.8, 4) is 11.1 Å². The van der Waals surface area contributed by atoms with Crippen LogP contribution in [-0.2, 0) is 33.6 Å². The number of guanidine groups is 1. The molecule has 14 heteroatoms. The quantitative estimate of drug-likeness (QED) is 0.0372. The van der Waals surface area contributed by atoms with Gasteiger partial charge in [-0.1, -0.05) is 78.3 Å². The highest BCUT2D eigenvalue weighted by atomic mass is 35.5. The highest BCUT2D eigenvalue weighted by molar-refractivity contribution is 6.31. The molecule has 3 aromatic carbocycles. The molecule has 13 nitrogen and oxygen atoms in total. The molecule has 0 bridgehead atoms. The first-order chi connectivity index (χ1) is 24.6. The molecule has 0 aliphatic carbocycles. The van der Waals surface area contributed by atoms with Crippen molar-refractivity contribution in [2.45, 2.75) is 44.6 Å². The number of benzene rings is 3. The third kappa shape index (κ3) is 9.82. The molecular formula is C37H40ClN9O4. The Bertz CT molecular complexity index is 2010. The molecular weight excluding hydrogens is 670 g/mol. The fourth-order valence-corrected chi connectivity index (χ4v) is 5.73. The molecule has 264 valence electrons. The second kappa shape index (κ2) is 17.1. The number of nitrogens with zero attached hydrogens (tertiary/aromatic N) is 2. The number of para-hydroxylation sites is 1. The zero-order valence-corrected chi connectivity index (χ0v) is 28.8. The van der Waals surface area contributed by atoms with E-state index in [1.54, 1.807) is 0 Å². The van der Waals surface area contributed by atoms with E-state index in [1.807, 2.05) is 54.7 Å². The monoisotopic (exact) mass is 709 g/mol. The summed E-state index contributed by atoms with van der Waals surface area (Å²) in [5, 5.41) is 16.9. The summed E-state index contributed by atoms with van der Waals surface area (Å²) in [6.45, 7) is 0.492. The molecule has 2 amide bonds. The number of halogens is 1. The van der Waals surface area contributed by atoms with Gasteiger partial charge in [-0.25, -0.2) is 14.8 Å². The van der Waals surface area contributed by atoms with Crippen LogP contribution in [0, 0.1) is 5.41 Å². The minimum absolute atomic E-state index is 0.0784. The zero-order valence-electron chi connectivity index (χ0n) is 28.1. The van der Waals surface area contributed by atoms with E-state index in [-0.39, 0.29) is 40.8 Å². The number of nitrogens with two attached hydrogens (primary N) is 2. The number of aromatic amines is 1. The summed E-state index contributed by atoms with van der Waals surface area (Å²) in [6.07, 6.45) is 5.48.